The highest BCUT2D eigenvalue weighted by Gasteiger charge is 2.19. The van der Waals surface area contributed by atoms with Gasteiger partial charge in [0, 0.05) is 18.8 Å². The zero-order valence-electron chi connectivity index (χ0n) is 19.4. The van der Waals surface area contributed by atoms with E-state index in [0.29, 0.717) is 11.3 Å². The van der Waals surface area contributed by atoms with Crippen molar-refractivity contribution in [3.8, 4) is 11.8 Å². The highest BCUT2D eigenvalue weighted by molar-refractivity contribution is 7.89. The number of hydrogen-bond acceptors (Lipinski definition) is 7. The van der Waals surface area contributed by atoms with Crippen molar-refractivity contribution < 1.29 is 27.5 Å². The van der Waals surface area contributed by atoms with Gasteiger partial charge in [-0.2, -0.15) is 5.26 Å². The molecule has 0 aliphatic heterocycles. The second kappa shape index (κ2) is 11.5. The number of alkyl carbamates (subject to hydrolysis) is 1. The van der Waals surface area contributed by atoms with Gasteiger partial charge in [-0.3, -0.25) is 4.79 Å². The predicted octanol–water partition coefficient (Wildman–Crippen LogP) is 2.77. The number of carbonyl (C=O) groups excluding carboxylic acids is 2. The van der Waals surface area contributed by atoms with Gasteiger partial charge >= 0.3 is 6.09 Å². The number of rotatable bonds is 9. The minimum Gasteiger partial charge on any atom is -0.481 e. The highest BCUT2D eigenvalue weighted by atomic mass is 32.2. The maximum Gasteiger partial charge on any atom is 0.407 e. The van der Waals surface area contributed by atoms with Crippen molar-refractivity contribution in [1.82, 2.24) is 10.0 Å². The van der Waals surface area contributed by atoms with Gasteiger partial charge in [-0.1, -0.05) is 12.1 Å². The molecule has 0 aliphatic carbocycles. The third kappa shape index (κ3) is 8.73. The SMILES string of the molecule is CC(Oc1cccc(C#N)c1)C(=O)Nc1cccc(S(=O)(=O)NCCNC(=O)OC(C)(C)C)c1. The standard InChI is InChI=1S/C23H28N4O6S/c1-16(32-19-9-5-7-17(13-19)15-24)21(28)27-18-8-6-10-20(14-18)34(30,31)26-12-11-25-22(29)33-23(2,3)4/h5-10,13-14,16,26H,11-12H2,1-4H3,(H,25,29)(H,27,28). The van der Waals surface area contributed by atoms with Gasteiger partial charge in [0.2, 0.25) is 10.0 Å². The van der Waals surface area contributed by atoms with Crippen LogP contribution in [0.4, 0.5) is 10.5 Å². The molecular weight excluding hydrogens is 460 g/mol. The van der Waals surface area contributed by atoms with Crippen molar-refractivity contribution in [2.45, 2.75) is 44.3 Å². The summed E-state index contributed by atoms with van der Waals surface area (Å²) < 4.78 is 38.1. The fourth-order valence-electron chi connectivity index (χ4n) is 2.63. The first-order valence-corrected chi connectivity index (χ1v) is 11.9. The zero-order valence-corrected chi connectivity index (χ0v) is 20.2. The number of nitriles is 1. The first-order valence-electron chi connectivity index (χ1n) is 10.4. The molecule has 2 amide bonds. The van der Waals surface area contributed by atoms with Gasteiger partial charge in [-0.05, 0) is 64.1 Å². The summed E-state index contributed by atoms with van der Waals surface area (Å²) in [5.41, 5.74) is 0.00953. The van der Waals surface area contributed by atoms with Crippen LogP contribution in [0.3, 0.4) is 0 Å². The molecular formula is C23H28N4O6S. The summed E-state index contributed by atoms with van der Waals surface area (Å²) in [6.07, 6.45) is -1.54. The Bertz CT molecular complexity index is 1170. The summed E-state index contributed by atoms with van der Waals surface area (Å²) in [5.74, 6) is -0.131. The predicted molar refractivity (Wildman–Crippen MR) is 126 cm³/mol. The molecule has 0 radical (unpaired) electrons. The lowest BCUT2D eigenvalue weighted by molar-refractivity contribution is -0.122. The van der Waals surface area contributed by atoms with Crippen molar-refractivity contribution in [2.24, 2.45) is 0 Å². The Hall–Kier alpha value is -3.62. The molecule has 0 saturated carbocycles. The monoisotopic (exact) mass is 488 g/mol. The average molecular weight is 489 g/mol. The van der Waals surface area contributed by atoms with Crippen LogP contribution < -0.4 is 20.1 Å². The lowest BCUT2D eigenvalue weighted by Gasteiger charge is -2.19. The first-order chi connectivity index (χ1) is 15.9. The number of amides is 2. The smallest absolute Gasteiger partial charge is 0.407 e. The van der Waals surface area contributed by atoms with Crippen LogP contribution in [0.15, 0.2) is 53.4 Å². The fourth-order valence-corrected chi connectivity index (χ4v) is 3.71. The van der Waals surface area contributed by atoms with Gasteiger partial charge in [-0.25, -0.2) is 17.9 Å². The number of nitrogens with one attached hydrogen (secondary N) is 3. The van der Waals surface area contributed by atoms with E-state index in [1.54, 1.807) is 45.0 Å². The number of anilines is 1. The molecule has 1 atom stereocenters. The second-order valence-electron chi connectivity index (χ2n) is 8.24. The molecule has 0 fully saturated rings. The van der Waals surface area contributed by atoms with Gasteiger partial charge in [-0.15, -0.1) is 0 Å². The van der Waals surface area contributed by atoms with Crippen LogP contribution in [-0.2, 0) is 19.6 Å². The Kier molecular flexibility index (Phi) is 9.00. The van der Waals surface area contributed by atoms with Crippen molar-refractivity contribution in [3.05, 3.63) is 54.1 Å². The molecule has 0 heterocycles. The van der Waals surface area contributed by atoms with Crippen molar-refractivity contribution in [3.63, 3.8) is 0 Å². The summed E-state index contributed by atoms with van der Waals surface area (Å²) in [6, 6.07) is 14.1. The molecule has 0 aliphatic rings. The van der Waals surface area contributed by atoms with E-state index in [1.165, 1.54) is 31.2 Å². The molecule has 2 aromatic carbocycles. The van der Waals surface area contributed by atoms with E-state index in [1.807, 2.05) is 6.07 Å². The molecule has 1 unspecified atom stereocenters. The average Bonchev–Trinajstić information content (AvgIpc) is 2.76. The number of sulfonamides is 1. The molecule has 2 rings (SSSR count). The van der Waals surface area contributed by atoms with Crippen LogP contribution in [0.5, 0.6) is 5.75 Å². The lowest BCUT2D eigenvalue weighted by Crippen LogP contribution is -2.37. The number of nitrogens with zero attached hydrogens (tertiary/aromatic N) is 1. The molecule has 0 saturated heterocycles. The first kappa shape index (κ1) is 26.6. The van der Waals surface area contributed by atoms with Gasteiger partial charge in [0.15, 0.2) is 6.10 Å². The van der Waals surface area contributed by atoms with Crippen LogP contribution in [0, 0.1) is 11.3 Å². The van der Waals surface area contributed by atoms with E-state index in [-0.39, 0.29) is 23.7 Å². The van der Waals surface area contributed by atoms with E-state index in [4.69, 9.17) is 14.7 Å². The summed E-state index contributed by atoms with van der Waals surface area (Å²) in [6.45, 7) is 6.69. The maximum absolute atomic E-state index is 12.6. The molecule has 10 nitrogen and oxygen atoms in total. The number of ether oxygens (including phenoxy) is 2. The van der Waals surface area contributed by atoms with E-state index < -0.39 is 33.7 Å². The van der Waals surface area contributed by atoms with Crippen LogP contribution in [0.1, 0.15) is 33.3 Å². The van der Waals surface area contributed by atoms with E-state index in [0.717, 1.165) is 0 Å². The van der Waals surface area contributed by atoms with Crippen LogP contribution in [0.2, 0.25) is 0 Å². The molecule has 11 heteroatoms. The zero-order chi connectivity index (χ0) is 25.4. The van der Waals surface area contributed by atoms with E-state index in [2.05, 4.69) is 15.4 Å². The Labute approximate surface area is 199 Å². The van der Waals surface area contributed by atoms with Crippen molar-refractivity contribution in [1.29, 1.82) is 5.26 Å². The number of hydrogen-bond donors (Lipinski definition) is 3. The van der Waals surface area contributed by atoms with Crippen molar-refractivity contribution >= 4 is 27.7 Å². The Morgan fingerprint density at radius 1 is 1.09 bits per heavy atom. The molecule has 182 valence electrons. The summed E-state index contributed by atoms with van der Waals surface area (Å²) in [5, 5.41) is 14.0. The number of benzene rings is 2. The molecule has 2 aromatic rings. The third-order valence-corrected chi connectivity index (χ3v) is 5.60. The largest absolute Gasteiger partial charge is 0.481 e. The lowest BCUT2D eigenvalue weighted by atomic mass is 10.2. The molecule has 34 heavy (non-hydrogen) atoms. The topological polar surface area (TPSA) is 147 Å². The van der Waals surface area contributed by atoms with E-state index >= 15 is 0 Å². The molecule has 0 spiro atoms. The van der Waals surface area contributed by atoms with E-state index in [9.17, 15) is 18.0 Å². The fraction of sp³-hybridized carbons (Fsp3) is 0.348. The van der Waals surface area contributed by atoms with Crippen LogP contribution in [0.25, 0.3) is 0 Å². The minimum absolute atomic E-state index is 0.0342. The molecule has 0 aromatic heterocycles. The van der Waals surface area contributed by atoms with Gasteiger partial charge in [0.25, 0.3) is 5.91 Å². The second-order valence-corrected chi connectivity index (χ2v) is 10.0. The Morgan fingerprint density at radius 3 is 2.47 bits per heavy atom. The third-order valence-electron chi connectivity index (χ3n) is 4.14. The Morgan fingerprint density at radius 2 is 1.79 bits per heavy atom. The summed E-state index contributed by atoms with van der Waals surface area (Å²) >= 11 is 0. The molecule has 0 bridgehead atoms. The van der Waals surface area contributed by atoms with Crippen LogP contribution >= 0.6 is 0 Å². The van der Waals surface area contributed by atoms with Gasteiger partial charge in [0.05, 0.1) is 16.5 Å². The molecule has 3 N–H and O–H groups in total. The van der Waals surface area contributed by atoms with Crippen LogP contribution in [-0.4, -0.2) is 45.2 Å². The highest BCUT2D eigenvalue weighted by Crippen LogP contribution is 2.18. The quantitative estimate of drug-likeness (QED) is 0.460. The number of carbonyl (C=O) groups is 2. The van der Waals surface area contributed by atoms with Gasteiger partial charge < -0.3 is 20.1 Å². The minimum atomic E-state index is -3.88. The summed E-state index contributed by atoms with van der Waals surface area (Å²) in [7, 11) is -3.88. The summed E-state index contributed by atoms with van der Waals surface area (Å²) in [4.78, 5) is 24.1. The normalized spacial score (nSPS) is 12.2. The van der Waals surface area contributed by atoms with Gasteiger partial charge in [0.1, 0.15) is 11.4 Å². The maximum atomic E-state index is 12.6. The van der Waals surface area contributed by atoms with Crippen molar-refractivity contribution in [2.75, 3.05) is 18.4 Å². The Balaban J connectivity index is 1.93.